The molecule has 134 valence electrons. The van der Waals surface area contributed by atoms with Crippen molar-refractivity contribution in [3.05, 3.63) is 0 Å². The first-order chi connectivity index (χ1) is 10.9. The molecule has 0 aromatic rings. The van der Waals surface area contributed by atoms with Crippen LogP contribution in [-0.4, -0.2) is 84.2 Å². The molecule has 8 heteroatoms. The number of hydrogen-bond donors (Lipinski definition) is 4. The van der Waals surface area contributed by atoms with Gasteiger partial charge in [-0.15, -0.1) is 0 Å². The van der Waals surface area contributed by atoms with E-state index in [1.165, 1.54) is 7.11 Å². The Morgan fingerprint density at radius 2 is 1.96 bits per heavy atom. The van der Waals surface area contributed by atoms with E-state index in [0.717, 1.165) is 0 Å². The van der Waals surface area contributed by atoms with Gasteiger partial charge in [-0.3, -0.25) is 0 Å². The minimum atomic E-state index is -1.15. The van der Waals surface area contributed by atoms with Gasteiger partial charge in [-0.1, -0.05) is 0 Å². The highest BCUT2D eigenvalue weighted by Crippen LogP contribution is 2.37. The Labute approximate surface area is 135 Å². The average Bonchev–Trinajstić information content (AvgIpc) is 3.00. The molecule has 0 aromatic heterocycles. The van der Waals surface area contributed by atoms with Gasteiger partial charge < -0.3 is 39.6 Å². The number of rotatable bonds is 4. The van der Waals surface area contributed by atoms with Crippen molar-refractivity contribution in [1.82, 2.24) is 5.32 Å². The third kappa shape index (κ3) is 3.27. The predicted molar refractivity (Wildman–Crippen MR) is 78.5 cm³/mol. The van der Waals surface area contributed by atoms with Crippen LogP contribution in [0.4, 0.5) is 0 Å². The molecule has 0 amide bonds. The summed E-state index contributed by atoms with van der Waals surface area (Å²) in [5.41, 5.74) is 0. The molecule has 3 aliphatic rings. The quantitative estimate of drug-likeness (QED) is 0.496. The first kappa shape index (κ1) is 17.5. The van der Waals surface area contributed by atoms with Crippen molar-refractivity contribution < 1.29 is 34.3 Å². The molecule has 3 saturated heterocycles. The fourth-order valence-electron chi connectivity index (χ4n) is 3.88. The van der Waals surface area contributed by atoms with Gasteiger partial charge in [-0.2, -0.15) is 0 Å². The summed E-state index contributed by atoms with van der Waals surface area (Å²) in [5.74, 6) is -1.04. The third-order valence-electron chi connectivity index (χ3n) is 4.97. The number of methoxy groups -OCH3 is 1. The van der Waals surface area contributed by atoms with Gasteiger partial charge in [0.25, 0.3) is 0 Å². The highest BCUT2D eigenvalue weighted by molar-refractivity contribution is 5.01. The third-order valence-corrected chi connectivity index (χ3v) is 4.97. The Hall–Kier alpha value is -0.320. The Balaban J connectivity index is 1.69. The summed E-state index contributed by atoms with van der Waals surface area (Å²) in [6.45, 7) is 4.08. The number of nitrogens with one attached hydrogen (secondary N) is 1. The lowest BCUT2D eigenvalue weighted by atomic mass is 9.85. The van der Waals surface area contributed by atoms with Crippen molar-refractivity contribution in [2.75, 3.05) is 20.3 Å². The summed E-state index contributed by atoms with van der Waals surface area (Å²) in [6, 6.07) is -0.0273. The topological polar surface area (TPSA) is 110 Å². The molecule has 3 heterocycles. The van der Waals surface area contributed by atoms with E-state index in [1.807, 2.05) is 13.8 Å². The van der Waals surface area contributed by atoms with Crippen molar-refractivity contribution in [1.29, 1.82) is 0 Å². The maximum absolute atomic E-state index is 10.4. The van der Waals surface area contributed by atoms with Gasteiger partial charge in [-0.05, 0) is 20.3 Å². The van der Waals surface area contributed by atoms with Crippen LogP contribution in [0.15, 0.2) is 0 Å². The second-order valence-electron chi connectivity index (χ2n) is 7.00. The van der Waals surface area contributed by atoms with Crippen LogP contribution in [-0.2, 0) is 18.9 Å². The predicted octanol–water partition coefficient (Wildman–Crippen LogP) is -1.43. The maximum Gasteiger partial charge on any atom is 0.163 e. The molecule has 3 aliphatic heterocycles. The number of ether oxygens (including phenoxy) is 4. The Bertz CT molecular complexity index is 419. The number of hydrogen-bond acceptors (Lipinski definition) is 8. The largest absolute Gasteiger partial charge is 0.394 e. The number of aliphatic hydroxyl groups excluding tert-OH is 3. The van der Waals surface area contributed by atoms with Crippen molar-refractivity contribution in [3.8, 4) is 0 Å². The molecular weight excluding hydrogens is 306 g/mol. The summed E-state index contributed by atoms with van der Waals surface area (Å²) < 4.78 is 22.7. The van der Waals surface area contributed by atoms with Crippen LogP contribution in [0.2, 0.25) is 0 Å². The Morgan fingerprint density at radius 1 is 1.22 bits per heavy atom. The molecule has 0 aromatic carbocycles. The van der Waals surface area contributed by atoms with Gasteiger partial charge in [0.15, 0.2) is 12.1 Å². The molecule has 8 nitrogen and oxygen atoms in total. The van der Waals surface area contributed by atoms with Crippen LogP contribution >= 0.6 is 0 Å². The van der Waals surface area contributed by atoms with Gasteiger partial charge in [0.05, 0.1) is 12.7 Å². The zero-order valence-electron chi connectivity index (χ0n) is 13.7. The van der Waals surface area contributed by atoms with Crippen LogP contribution in [0.1, 0.15) is 20.3 Å². The van der Waals surface area contributed by atoms with Crippen molar-refractivity contribution >= 4 is 0 Å². The monoisotopic (exact) mass is 333 g/mol. The van der Waals surface area contributed by atoms with Crippen LogP contribution in [0, 0.1) is 5.92 Å². The van der Waals surface area contributed by atoms with Crippen molar-refractivity contribution in [2.24, 2.45) is 5.92 Å². The minimum Gasteiger partial charge on any atom is -0.394 e. The van der Waals surface area contributed by atoms with E-state index in [4.69, 9.17) is 18.9 Å². The zero-order valence-corrected chi connectivity index (χ0v) is 13.7. The molecule has 3 rings (SSSR count). The molecule has 4 N–H and O–H groups in total. The smallest absolute Gasteiger partial charge is 0.163 e. The number of aliphatic hydroxyl groups is 3. The van der Waals surface area contributed by atoms with E-state index >= 15 is 0 Å². The van der Waals surface area contributed by atoms with E-state index in [9.17, 15) is 15.3 Å². The minimum absolute atomic E-state index is 0.0206. The lowest BCUT2D eigenvalue weighted by Gasteiger charge is -2.42. The average molecular weight is 333 g/mol. The summed E-state index contributed by atoms with van der Waals surface area (Å²) in [5, 5.41) is 33.1. The lowest BCUT2D eigenvalue weighted by Crippen LogP contribution is -2.57. The van der Waals surface area contributed by atoms with E-state index in [1.54, 1.807) is 0 Å². The first-order valence-electron chi connectivity index (χ1n) is 8.10. The van der Waals surface area contributed by atoms with Gasteiger partial charge in [-0.25, -0.2) is 0 Å². The normalized spacial score (nSPS) is 49.3. The molecule has 8 atom stereocenters. The van der Waals surface area contributed by atoms with Gasteiger partial charge in [0, 0.05) is 25.6 Å². The summed E-state index contributed by atoms with van der Waals surface area (Å²) in [7, 11) is 1.49. The second-order valence-corrected chi connectivity index (χ2v) is 7.00. The second kappa shape index (κ2) is 6.53. The Kier molecular flexibility index (Phi) is 4.97. The zero-order chi connectivity index (χ0) is 16.8. The molecule has 0 unspecified atom stereocenters. The molecule has 0 bridgehead atoms. The van der Waals surface area contributed by atoms with Crippen molar-refractivity contribution in [3.63, 3.8) is 0 Å². The molecule has 0 spiro atoms. The summed E-state index contributed by atoms with van der Waals surface area (Å²) in [6.07, 6.45) is -3.35. The summed E-state index contributed by atoms with van der Waals surface area (Å²) >= 11 is 0. The molecule has 0 saturated carbocycles. The molecule has 0 aliphatic carbocycles. The highest BCUT2D eigenvalue weighted by Gasteiger charge is 2.52. The fraction of sp³-hybridized carbons (Fsp3) is 1.00. The molecule has 3 fully saturated rings. The van der Waals surface area contributed by atoms with Crippen molar-refractivity contribution in [2.45, 2.75) is 68.9 Å². The fourth-order valence-corrected chi connectivity index (χ4v) is 3.88. The van der Waals surface area contributed by atoms with Gasteiger partial charge >= 0.3 is 0 Å². The maximum atomic E-state index is 10.4. The van der Waals surface area contributed by atoms with E-state index in [0.29, 0.717) is 13.0 Å². The van der Waals surface area contributed by atoms with Crippen LogP contribution in [0.25, 0.3) is 0 Å². The molecule has 23 heavy (non-hydrogen) atoms. The standard InChI is InChI=1S/C15H27NO7/c1-15(2)22-9-5-16-8(13(9)23-15)4-7-11(18)12(19)10(6-17)21-14(7)20-3/h7-14,16-19H,4-6H2,1-3H3/t7-,8-,9+,10-,11-,12-,13-,14+/m1/s1. The van der Waals surface area contributed by atoms with Crippen LogP contribution in [0.3, 0.4) is 0 Å². The Morgan fingerprint density at radius 3 is 2.61 bits per heavy atom. The lowest BCUT2D eigenvalue weighted by molar-refractivity contribution is -0.281. The molecule has 0 radical (unpaired) electrons. The number of fused-ring (bicyclic) bond motifs is 1. The van der Waals surface area contributed by atoms with Crippen LogP contribution < -0.4 is 5.32 Å². The highest BCUT2D eigenvalue weighted by atomic mass is 16.8. The van der Waals surface area contributed by atoms with Crippen LogP contribution in [0.5, 0.6) is 0 Å². The SMILES string of the molecule is CO[C@H]1O[C@H](CO)[C@@H](O)[C@H](O)[C@H]1C[C@H]1NC[C@@H]2OC(C)(C)O[C@@H]21. The van der Waals surface area contributed by atoms with E-state index in [2.05, 4.69) is 5.32 Å². The van der Waals surface area contributed by atoms with E-state index < -0.39 is 36.3 Å². The van der Waals surface area contributed by atoms with Gasteiger partial charge in [0.2, 0.25) is 0 Å². The first-order valence-corrected chi connectivity index (χ1v) is 8.10. The van der Waals surface area contributed by atoms with E-state index in [-0.39, 0.29) is 24.9 Å². The molecular formula is C15H27NO7. The summed E-state index contributed by atoms with van der Waals surface area (Å²) in [4.78, 5) is 0. The van der Waals surface area contributed by atoms with Gasteiger partial charge in [0.1, 0.15) is 24.4 Å².